The third-order valence-electron chi connectivity index (χ3n) is 4.77. The number of nitrogens with two attached hydrogens (primary N) is 1. The number of carbonyl (C=O) groups is 1. The van der Waals surface area contributed by atoms with Crippen LogP contribution in [0.2, 0.25) is 0 Å². The molecule has 0 spiro atoms. The number of hydrogen-bond acceptors (Lipinski definition) is 6. The molecule has 0 unspecified atom stereocenters. The molecule has 0 saturated heterocycles. The monoisotopic (exact) mass is 400 g/mol. The Morgan fingerprint density at radius 1 is 1.28 bits per heavy atom. The van der Waals surface area contributed by atoms with Gasteiger partial charge in [0.2, 0.25) is 5.91 Å². The minimum absolute atomic E-state index is 0. The largest absolute Gasteiger partial charge is 0.330 e. The summed E-state index contributed by atoms with van der Waals surface area (Å²) in [6.45, 7) is 4.57. The minimum atomic E-state index is -0.0200. The number of hydrogen-bond donors (Lipinski definition) is 2. The third-order valence-corrected chi connectivity index (χ3v) is 6.62. The Kier molecular flexibility index (Phi) is 6.96. The maximum Gasteiger partial charge on any atom is 0.226 e. The van der Waals surface area contributed by atoms with Crippen LogP contribution in [0.4, 0.5) is 5.13 Å². The van der Waals surface area contributed by atoms with E-state index in [0.29, 0.717) is 18.1 Å². The number of nitrogens with zero attached hydrogens (tertiary/aromatic N) is 2. The van der Waals surface area contributed by atoms with Crippen LogP contribution in [-0.4, -0.2) is 22.4 Å². The number of carbonyl (C=O) groups excluding carboxylic acids is 1. The lowest BCUT2D eigenvalue weighted by molar-refractivity contribution is -0.118. The first kappa shape index (κ1) is 20.3. The van der Waals surface area contributed by atoms with Gasteiger partial charge in [-0.05, 0) is 38.6 Å². The van der Waals surface area contributed by atoms with Crippen LogP contribution in [0.15, 0.2) is 5.38 Å². The van der Waals surface area contributed by atoms with Crippen LogP contribution < -0.4 is 11.1 Å². The second-order valence-corrected chi connectivity index (χ2v) is 8.74. The van der Waals surface area contributed by atoms with Crippen LogP contribution in [-0.2, 0) is 4.79 Å². The molecule has 3 N–H and O–H groups in total. The van der Waals surface area contributed by atoms with Crippen molar-refractivity contribution in [3.8, 4) is 10.6 Å². The summed E-state index contributed by atoms with van der Waals surface area (Å²) in [5.74, 6) is 0.0282. The number of aromatic nitrogens is 2. The molecular formula is C17H25ClN4OS2. The molecule has 2 aromatic rings. The molecule has 8 heteroatoms. The van der Waals surface area contributed by atoms with Crippen molar-refractivity contribution in [2.75, 3.05) is 11.9 Å². The highest BCUT2D eigenvalue weighted by Crippen LogP contribution is 2.39. The maximum atomic E-state index is 12.5. The number of amides is 1. The normalized spacial score (nSPS) is 16.3. The fraction of sp³-hybridized carbons (Fsp3) is 0.588. The molecule has 0 aliphatic heterocycles. The van der Waals surface area contributed by atoms with E-state index in [4.69, 9.17) is 5.73 Å². The fourth-order valence-electron chi connectivity index (χ4n) is 3.46. The molecule has 0 atom stereocenters. The summed E-state index contributed by atoms with van der Waals surface area (Å²) < 4.78 is 0. The molecular weight excluding hydrogens is 376 g/mol. The van der Waals surface area contributed by atoms with Crippen molar-refractivity contribution in [2.45, 2.75) is 52.4 Å². The summed E-state index contributed by atoms with van der Waals surface area (Å²) in [5.41, 5.74) is 7.84. The Morgan fingerprint density at radius 3 is 2.60 bits per heavy atom. The van der Waals surface area contributed by atoms with Gasteiger partial charge >= 0.3 is 0 Å². The molecule has 5 nitrogen and oxygen atoms in total. The Labute approximate surface area is 162 Å². The van der Waals surface area contributed by atoms with Gasteiger partial charge in [0.25, 0.3) is 0 Å². The first-order valence-electron chi connectivity index (χ1n) is 8.41. The summed E-state index contributed by atoms with van der Waals surface area (Å²) >= 11 is 3.10. The molecule has 0 radical (unpaired) electrons. The highest BCUT2D eigenvalue weighted by atomic mass is 35.5. The zero-order chi connectivity index (χ0) is 17.2. The van der Waals surface area contributed by atoms with Crippen molar-refractivity contribution in [3.63, 3.8) is 0 Å². The van der Waals surface area contributed by atoms with Gasteiger partial charge in [0, 0.05) is 11.8 Å². The predicted octanol–water partition coefficient (Wildman–Crippen LogP) is 4.54. The number of thiazole rings is 2. The number of rotatable bonds is 5. The van der Waals surface area contributed by atoms with E-state index in [9.17, 15) is 4.79 Å². The van der Waals surface area contributed by atoms with Crippen molar-refractivity contribution in [3.05, 3.63) is 16.1 Å². The number of nitrogens with one attached hydrogen (secondary N) is 1. The average molecular weight is 401 g/mol. The first-order chi connectivity index (χ1) is 11.5. The summed E-state index contributed by atoms with van der Waals surface area (Å²) in [6.07, 6.45) is 6.22. The van der Waals surface area contributed by atoms with Gasteiger partial charge in [-0.2, -0.15) is 0 Å². The summed E-state index contributed by atoms with van der Waals surface area (Å²) in [6, 6.07) is 0. The van der Waals surface area contributed by atoms with E-state index in [1.165, 1.54) is 30.6 Å². The van der Waals surface area contributed by atoms with Crippen LogP contribution in [0, 0.1) is 19.3 Å². The van der Waals surface area contributed by atoms with Crippen LogP contribution >= 0.6 is 35.1 Å². The van der Waals surface area contributed by atoms with E-state index in [2.05, 4.69) is 15.3 Å². The number of anilines is 1. The summed E-state index contributed by atoms with van der Waals surface area (Å²) in [7, 11) is 0. The lowest BCUT2D eigenvalue weighted by atomic mass is 9.72. The predicted molar refractivity (Wildman–Crippen MR) is 108 cm³/mol. The van der Waals surface area contributed by atoms with Gasteiger partial charge < -0.3 is 11.1 Å². The van der Waals surface area contributed by atoms with Crippen LogP contribution in [0.3, 0.4) is 0 Å². The molecule has 3 rings (SSSR count). The minimum Gasteiger partial charge on any atom is -0.330 e. The standard InChI is InChI=1S/C17H24N4OS2.ClH/c1-11-15(24-12(2)19-11)13-9-23-16(20-13)21-14(22)8-17(10-18)6-4-3-5-7-17;/h9H,3-8,10,18H2,1-2H3,(H,20,21,22);1H. The molecule has 1 aliphatic carbocycles. The van der Waals surface area contributed by atoms with Gasteiger partial charge in [0.15, 0.2) is 5.13 Å². The number of aryl methyl sites for hydroxylation is 2. The van der Waals surface area contributed by atoms with Gasteiger partial charge in [-0.1, -0.05) is 19.3 Å². The SMILES string of the molecule is Cc1nc(C)c(-c2csc(NC(=O)CC3(CN)CCCCC3)n2)s1.Cl. The highest BCUT2D eigenvalue weighted by Gasteiger charge is 2.33. The molecule has 1 aliphatic rings. The van der Waals surface area contributed by atoms with Gasteiger partial charge in [0.1, 0.15) is 0 Å². The van der Waals surface area contributed by atoms with Crippen LogP contribution in [0.25, 0.3) is 10.6 Å². The van der Waals surface area contributed by atoms with Crippen molar-refractivity contribution in [1.82, 2.24) is 9.97 Å². The fourth-order valence-corrected chi connectivity index (χ4v) is 5.14. The van der Waals surface area contributed by atoms with Crippen LogP contribution in [0.5, 0.6) is 0 Å². The van der Waals surface area contributed by atoms with Gasteiger partial charge in [-0.3, -0.25) is 4.79 Å². The summed E-state index contributed by atoms with van der Waals surface area (Å²) in [4.78, 5) is 22.5. The van der Waals surface area contributed by atoms with Gasteiger partial charge in [-0.25, -0.2) is 9.97 Å². The van der Waals surface area contributed by atoms with Gasteiger partial charge in [0.05, 0.1) is 21.3 Å². The molecule has 1 amide bonds. The molecule has 1 fully saturated rings. The molecule has 25 heavy (non-hydrogen) atoms. The van der Waals surface area contributed by atoms with E-state index in [-0.39, 0.29) is 23.7 Å². The zero-order valence-corrected chi connectivity index (χ0v) is 17.1. The Balaban J connectivity index is 0.00000225. The Hall–Kier alpha value is -1.02. The molecule has 0 aromatic carbocycles. The van der Waals surface area contributed by atoms with Crippen molar-refractivity contribution in [1.29, 1.82) is 0 Å². The van der Waals surface area contributed by atoms with Crippen molar-refractivity contribution < 1.29 is 4.79 Å². The lowest BCUT2D eigenvalue weighted by Gasteiger charge is -2.35. The van der Waals surface area contributed by atoms with E-state index in [1.54, 1.807) is 11.3 Å². The van der Waals surface area contributed by atoms with E-state index in [1.807, 2.05) is 19.2 Å². The second kappa shape index (κ2) is 8.58. The lowest BCUT2D eigenvalue weighted by Crippen LogP contribution is -2.36. The smallest absolute Gasteiger partial charge is 0.226 e. The average Bonchev–Trinajstić information content (AvgIpc) is 3.14. The van der Waals surface area contributed by atoms with Gasteiger partial charge in [-0.15, -0.1) is 35.1 Å². The third kappa shape index (κ3) is 4.78. The summed E-state index contributed by atoms with van der Waals surface area (Å²) in [5, 5.41) is 6.63. The van der Waals surface area contributed by atoms with E-state index >= 15 is 0 Å². The van der Waals surface area contributed by atoms with Crippen molar-refractivity contribution >= 4 is 46.1 Å². The molecule has 1 saturated carbocycles. The Morgan fingerprint density at radius 2 is 2.00 bits per heavy atom. The molecule has 138 valence electrons. The van der Waals surface area contributed by atoms with E-state index < -0.39 is 0 Å². The zero-order valence-electron chi connectivity index (χ0n) is 14.6. The quantitative estimate of drug-likeness (QED) is 0.771. The molecule has 0 bridgehead atoms. The first-order valence-corrected chi connectivity index (χ1v) is 10.1. The Bertz CT molecular complexity index is 722. The van der Waals surface area contributed by atoms with E-state index in [0.717, 1.165) is 34.1 Å². The maximum absolute atomic E-state index is 12.5. The number of halogens is 1. The van der Waals surface area contributed by atoms with Crippen molar-refractivity contribution in [2.24, 2.45) is 11.1 Å². The molecule has 2 heterocycles. The highest BCUT2D eigenvalue weighted by molar-refractivity contribution is 7.16. The van der Waals surface area contributed by atoms with Crippen LogP contribution in [0.1, 0.15) is 49.2 Å². The topological polar surface area (TPSA) is 80.9 Å². The molecule has 2 aromatic heterocycles. The second-order valence-electron chi connectivity index (χ2n) is 6.68.